The van der Waals surface area contributed by atoms with Crippen molar-refractivity contribution in [2.45, 2.75) is 58.3 Å². The molecule has 1 aliphatic rings. The van der Waals surface area contributed by atoms with E-state index in [9.17, 15) is 18.0 Å². The number of benzene rings is 2. The van der Waals surface area contributed by atoms with E-state index in [1.54, 1.807) is 6.33 Å². The Hall–Kier alpha value is -2.87. The summed E-state index contributed by atoms with van der Waals surface area (Å²) < 4.78 is 38.7. The number of halogens is 3. The lowest BCUT2D eigenvalue weighted by Gasteiger charge is -2.40. The average Bonchev–Trinajstić information content (AvgIpc) is 3.20. The van der Waals surface area contributed by atoms with Gasteiger partial charge in [-0.15, -0.1) is 5.06 Å². The first-order valence-corrected chi connectivity index (χ1v) is 10.7. The Morgan fingerprint density at radius 3 is 2.59 bits per heavy atom. The Labute approximate surface area is 184 Å². The van der Waals surface area contributed by atoms with Crippen molar-refractivity contribution in [3.8, 4) is 11.1 Å². The number of rotatable bonds is 5. The van der Waals surface area contributed by atoms with Crippen LogP contribution in [-0.4, -0.2) is 33.2 Å². The minimum Gasteiger partial charge on any atom is -0.360 e. The van der Waals surface area contributed by atoms with Gasteiger partial charge in [0, 0.05) is 6.04 Å². The molecular weight excluding hydrogens is 419 g/mol. The Bertz CT molecular complexity index is 1090. The first kappa shape index (κ1) is 22.3. The maximum atomic E-state index is 12.9. The molecule has 1 heterocycles. The zero-order valence-electron chi connectivity index (χ0n) is 18.1. The molecule has 0 spiro atoms. The van der Waals surface area contributed by atoms with Gasteiger partial charge in [0.1, 0.15) is 0 Å². The fraction of sp³-hybridized carbons (Fsp3) is 0.417. The summed E-state index contributed by atoms with van der Waals surface area (Å²) in [4.78, 5) is 23.8. The van der Waals surface area contributed by atoms with E-state index in [2.05, 4.69) is 23.8 Å². The van der Waals surface area contributed by atoms with Gasteiger partial charge in [-0.1, -0.05) is 50.6 Å². The van der Waals surface area contributed by atoms with Gasteiger partial charge in [0.05, 0.1) is 23.9 Å². The second-order valence-electron chi connectivity index (χ2n) is 9.20. The van der Waals surface area contributed by atoms with E-state index >= 15 is 0 Å². The molecule has 0 bridgehead atoms. The van der Waals surface area contributed by atoms with Gasteiger partial charge in [-0.05, 0) is 53.5 Å². The van der Waals surface area contributed by atoms with E-state index in [-0.39, 0.29) is 18.0 Å². The summed E-state index contributed by atoms with van der Waals surface area (Å²) >= 11 is 0. The van der Waals surface area contributed by atoms with Crippen molar-refractivity contribution < 1.29 is 22.8 Å². The van der Waals surface area contributed by atoms with Crippen LogP contribution in [0.1, 0.15) is 45.1 Å². The Morgan fingerprint density at radius 2 is 1.91 bits per heavy atom. The largest absolute Gasteiger partial charge is 0.492 e. The highest BCUT2D eigenvalue weighted by atomic mass is 19.4. The van der Waals surface area contributed by atoms with Crippen LogP contribution in [0.3, 0.4) is 0 Å². The Kier molecular flexibility index (Phi) is 5.99. The molecule has 1 fully saturated rings. The van der Waals surface area contributed by atoms with Crippen LogP contribution in [0.15, 0.2) is 48.8 Å². The molecule has 1 N–H and O–H groups in total. The number of alkyl halides is 3. The molecule has 4 rings (SSSR count). The van der Waals surface area contributed by atoms with Gasteiger partial charge in [-0.2, -0.15) is 13.2 Å². The lowest BCUT2D eigenvalue weighted by atomic mass is 9.75. The van der Waals surface area contributed by atoms with E-state index in [4.69, 9.17) is 4.84 Å². The Morgan fingerprint density at radius 1 is 1.19 bits per heavy atom. The summed E-state index contributed by atoms with van der Waals surface area (Å²) in [6.45, 7) is 4.28. The quantitative estimate of drug-likeness (QED) is 0.488. The summed E-state index contributed by atoms with van der Waals surface area (Å²) in [5.74, 6) is -2.18. The summed E-state index contributed by atoms with van der Waals surface area (Å²) in [6, 6.07) is 13.2. The minimum atomic E-state index is -5.03. The fourth-order valence-electron chi connectivity index (χ4n) is 4.40. The van der Waals surface area contributed by atoms with Gasteiger partial charge >= 0.3 is 12.1 Å². The van der Waals surface area contributed by atoms with Gasteiger partial charge in [-0.3, -0.25) is 0 Å². The number of carbonyl (C=O) groups excluding carboxylic acids is 1. The number of hydrogen-bond donors (Lipinski definition) is 1. The molecular formula is C24H26F3N3O2. The van der Waals surface area contributed by atoms with Crippen LogP contribution in [0.2, 0.25) is 0 Å². The van der Waals surface area contributed by atoms with Crippen LogP contribution in [0.25, 0.3) is 22.2 Å². The van der Waals surface area contributed by atoms with Crippen LogP contribution in [0.4, 0.5) is 13.2 Å². The van der Waals surface area contributed by atoms with Crippen molar-refractivity contribution >= 4 is 17.0 Å². The van der Waals surface area contributed by atoms with Crippen LogP contribution in [0, 0.1) is 5.41 Å². The van der Waals surface area contributed by atoms with Crippen LogP contribution >= 0.6 is 0 Å². The average molecular weight is 445 g/mol. The molecule has 8 heteroatoms. The molecule has 3 aromatic rings. The Balaban J connectivity index is 1.53. The number of carbonyl (C=O) groups is 1. The molecule has 1 aromatic heterocycles. The predicted octanol–water partition coefficient (Wildman–Crippen LogP) is 6.02. The van der Waals surface area contributed by atoms with E-state index < -0.39 is 12.1 Å². The van der Waals surface area contributed by atoms with E-state index in [1.807, 2.05) is 42.5 Å². The second-order valence-corrected chi connectivity index (χ2v) is 9.20. The normalized spacial score (nSPS) is 18.8. The molecule has 0 saturated heterocycles. The van der Waals surface area contributed by atoms with Crippen molar-refractivity contribution in [2.75, 3.05) is 0 Å². The van der Waals surface area contributed by atoms with E-state index in [1.165, 1.54) is 5.06 Å². The van der Waals surface area contributed by atoms with Crippen molar-refractivity contribution in [1.29, 1.82) is 0 Å². The SMILES string of the molecule is CC1(C)CCCC(N(Cc2ccc(-c3ccc4nc[nH]c4c3)cc2)OC(=O)C(F)(F)F)C1. The highest BCUT2D eigenvalue weighted by Crippen LogP contribution is 2.38. The fourth-order valence-corrected chi connectivity index (χ4v) is 4.40. The number of aromatic amines is 1. The third kappa shape index (κ3) is 5.12. The highest BCUT2D eigenvalue weighted by molar-refractivity contribution is 5.81. The molecule has 0 amide bonds. The lowest BCUT2D eigenvalue weighted by Crippen LogP contribution is -2.44. The number of fused-ring (bicyclic) bond motifs is 1. The van der Waals surface area contributed by atoms with Crippen molar-refractivity contribution in [2.24, 2.45) is 5.41 Å². The zero-order valence-corrected chi connectivity index (χ0v) is 18.1. The number of imidazole rings is 1. The van der Waals surface area contributed by atoms with Crippen LogP contribution in [-0.2, 0) is 16.2 Å². The van der Waals surface area contributed by atoms with Crippen LogP contribution < -0.4 is 0 Å². The molecule has 1 unspecified atom stereocenters. The van der Waals surface area contributed by atoms with E-state index in [0.29, 0.717) is 12.8 Å². The topological polar surface area (TPSA) is 58.2 Å². The minimum absolute atomic E-state index is 0.0129. The first-order chi connectivity index (χ1) is 15.1. The third-order valence-corrected chi connectivity index (χ3v) is 6.06. The summed E-state index contributed by atoms with van der Waals surface area (Å²) in [7, 11) is 0. The van der Waals surface area contributed by atoms with Gasteiger partial charge in [0.15, 0.2) is 0 Å². The van der Waals surface area contributed by atoms with Crippen molar-refractivity contribution in [3.05, 3.63) is 54.4 Å². The summed E-state index contributed by atoms with van der Waals surface area (Å²) in [5.41, 5.74) is 4.54. The number of H-pyrrole nitrogens is 1. The molecule has 32 heavy (non-hydrogen) atoms. The summed E-state index contributed by atoms with van der Waals surface area (Å²) in [5, 5.41) is 1.22. The third-order valence-electron chi connectivity index (χ3n) is 6.06. The molecule has 2 aromatic carbocycles. The first-order valence-electron chi connectivity index (χ1n) is 10.7. The van der Waals surface area contributed by atoms with Gasteiger partial charge in [0.2, 0.25) is 0 Å². The van der Waals surface area contributed by atoms with Gasteiger partial charge in [0.25, 0.3) is 0 Å². The molecule has 1 aliphatic carbocycles. The molecule has 1 atom stereocenters. The molecule has 0 aliphatic heterocycles. The maximum absolute atomic E-state index is 12.9. The maximum Gasteiger partial charge on any atom is 0.492 e. The standard InChI is InChI=1S/C24H26F3N3O2/c1-23(2)11-3-4-19(13-23)30(32-22(31)24(25,26)27)14-16-5-7-17(8-6-16)18-9-10-20-21(12-18)29-15-28-20/h5-10,12,15,19H,3-4,11,13-14H2,1-2H3,(H,28,29). The molecule has 0 radical (unpaired) electrons. The van der Waals surface area contributed by atoms with E-state index in [0.717, 1.165) is 40.6 Å². The number of hydroxylamine groups is 2. The smallest absolute Gasteiger partial charge is 0.360 e. The zero-order chi connectivity index (χ0) is 22.9. The molecule has 170 valence electrons. The number of nitrogens with one attached hydrogen (secondary N) is 1. The molecule has 1 saturated carbocycles. The summed E-state index contributed by atoms with van der Waals surface area (Å²) in [6.07, 6.45) is -0.150. The number of nitrogens with zero attached hydrogens (tertiary/aromatic N) is 2. The number of hydrogen-bond acceptors (Lipinski definition) is 4. The van der Waals surface area contributed by atoms with Gasteiger partial charge < -0.3 is 9.82 Å². The van der Waals surface area contributed by atoms with Crippen molar-refractivity contribution in [3.63, 3.8) is 0 Å². The van der Waals surface area contributed by atoms with Crippen LogP contribution in [0.5, 0.6) is 0 Å². The van der Waals surface area contributed by atoms with Gasteiger partial charge in [-0.25, -0.2) is 9.78 Å². The van der Waals surface area contributed by atoms with Crippen molar-refractivity contribution in [1.82, 2.24) is 15.0 Å². The lowest BCUT2D eigenvalue weighted by molar-refractivity contribution is -0.252. The number of aromatic nitrogens is 2. The molecule has 5 nitrogen and oxygen atoms in total. The second kappa shape index (κ2) is 8.58. The monoisotopic (exact) mass is 445 g/mol. The highest BCUT2D eigenvalue weighted by Gasteiger charge is 2.44. The predicted molar refractivity (Wildman–Crippen MR) is 115 cm³/mol.